The molecule has 0 spiro atoms. The summed E-state index contributed by atoms with van der Waals surface area (Å²) in [6.45, 7) is 6.14. The minimum absolute atomic E-state index is 0.0236. The average molecular weight is 680 g/mol. The first-order valence-electron chi connectivity index (χ1n) is 12.0. The number of imide groups is 1. The molecule has 3 aromatic rings. The maximum absolute atomic E-state index is 13.0. The smallest absolute Gasteiger partial charge is 0.339 e. The Morgan fingerprint density at radius 3 is 2.23 bits per heavy atom. The molecule has 204 valence electrons. The van der Waals surface area contributed by atoms with E-state index in [2.05, 4.69) is 0 Å². The van der Waals surface area contributed by atoms with E-state index in [1.54, 1.807) is 37.3 Å². The van der Waals surface area contributed by atoms with Crippen molar-refractivity contribution >= 4 is 61.7 Å². The van der Waals surface area contributed by atoms with E-state index >= 15 is 0 Å². The van der Waals surface area contributed by atoms with Crippen LogP contribution in [0.4, 0.5) is 4.79 Å². The summed E-state index contributed by atoms with van der Waals surface area (Å²) in [7, 11) is -4.10. The molecule has 1 saturated heterocycles. The zero-order chi connectivity index (χ0) is 28.2. The van der Waals surface area contributed by atoms with E-state index in [9.17, 15) is 18.0 Å². The van der Waals surface area contributed by atoms with Gasteiger partial charge in [0.25, 0.3) is 11.1 Å². The summed E-state index contributed by atoms with van der Waals surface area (Å²) < 4.78 is 43.1. The maximum Gasteiger partial charge on any atom is 0.339 e. The molecule has 11 heteroatoms. The molecule has 1 aliphatic rings. The molecule has 0 atom stereocenters. The number of amides is 2. The first-order valence-corrected chi connectivity index (χ1v) is 15.3. The fourth-order valence-corrected chi connectivity index (χ4v) is 6.32. The molecule has 39 heavy (non-hydrogen) atoms. The van der Waals surface area contributed by atoms with Gasteiger partial charge in [0.2, 0.25) is 0 Å². The molecule has 8 nitrogen and oxygen atoms in total. The van der Waals surface area contributed by atoms with Crippen LogP contribution in [0.3, 0.4) is 0 Å². The summed E-state index contributed by atoms with van der Waals surface area (Å²) in [4.78, 5) is 26.9. The summed E-state index contributed by atoms with van der Waals surface area (Å²) >= 11 is 2.79. The van der Waals surface area contributed by atoms with Gasteiger partial charge >= 0.3 is 10.1 Å². The van der Waals surface area contributed by atoms with Gasteiger partial charge < -0.3 is 13.7 Å². The van der Waals surface area contributed by atoms with Crippen LogP contribution < -0.4 is 13.7 Å². The van der Waals surface area contributed by atoms with E-state index in [0.29, 0.717) is 14.9 Å². The van der Waals surface area contributed by atoms with Crippen LogP contribution in [0.15, 0.2) is 70.5 Å². The third-order valence-electron chi connectivity index (χ3n) is 5.61. The van der Waals surface area contributed by atoms with Crippen molar-refractivity contribution in [1.82, 2.24) is 4.90 Å². The highest BCUT2D eigenvalue weighted by Crippen LogP contribution is 2.38. The van der Waals surface area contributed by atoms with E-state index in [1.165, 1.54) is 12.1 Å². The van der Waals surface area contributed by atoms with E-state index in [4.69, 9.17) is 13.7 Å². The number of thioether (sulfide) groups is 1. The fraction of sp³-hybridized carbons (Fsp3) is 0.214. The minimum atomic E-state index is -4.10. The third-order valence-corrected chi connectivity index (χ3v) is 8.55. The maximum atomic E-state index is 13.0. The van der Waals surface area contributed by atoms with Crippen LogP contribution in [0, 0.1) is 17.4 Å². The second-order valence-corrected chi connectivity index (χ2v) is 12.3. The lowest BCUT2D eigenvalue weighted by molar-refractivity contribution is -0.123. The molecular formula is C28H26INO7S2. The van der Waals surface area contributed by atoms with Gasteiger partial charge in [-0.25, -0.2) is 0 Å². The Hall–Kier alpha value is -3.03. The molecule has 0 N–H and O–H groups in total. The molecular weight excluding hydrogens is 653 g/mol. The van der Waals surface area contributed by atoms with Gasteiger partial charge in [0.05, 0.1) is 21.6 Å². The number of rotatable bonds is 10. The molecule has 0 unspecified atom stereocenters. The van der Waals surface area contributed by atoms with Gasteiger partial charge in [0, 0.05) is 0 Å². The highest BCUT2D eigenvalue weighted by molar-refractivity contribution is 14.1. The summed E-state index contributed by atoms with van der Waals surface area (Å²) in [6.07, 6.45) is 1.58. The van der Waals surface area contributed by atoms with Crippen molar-refractivity contribution < 1.29 is 31.7 Å². The molecule has 1 heterocycles. The fourth-order valence-electron chi connectivity index (χ4n) is 3.61. The second-order valence-electron chi connectivity index (χ2n) is 8.61. The number of hydrogen-bond acceptors (Lipinski definition) is 8. The molecule has 3 aromatic carbocycles. The molecule has 1 fully saturated rings. The zero-order valence-corrected chi connectivity index (χ0v) is 25.3. The molecule has 0 aliphatic carbocycles. The number of nitrogens with zero attached hydrogens (tertiary/aromatic N) is 1. The summed E-state index contributed by atoms with van der Waals surface area (Å²) in [5.41, 5.74) is 2.59. The number of aryl methyl sites for hydroxylation is 2. The quantitative estimate of drug-likeness (QED) is 0.142. The van der Waals surface area contributed by atoms with Crippen molar-refractivity contribution in [3.05, 3.63) is 85.8 Å². The number of carbonyl (C=O) groups excluding carboxylic acids is 2. The van der Waals surface area contributed by atoms with Crippen LogP contribution >= 0.6 is 34.4 Å². The predicted octanol–water partition coefficient (Wildman–Crippen LogP) is 6.19. The van der Waals surface area contributed by atoms with Crippen molar-refractivity contribution in [2.24, 2.45) is 0 Å². The van der Waals surface area contributed by atoms with Crippen molar-refractivity contribution in [2.45, 2.75) is 25.7 Å². The molecule has 0 radical (unpaired) electrons. The molecule has 0 saturated carbocycles. The number of halogens is 1. The highest BCUT2D eigenvalue weighted by Gasteiger charge is 2.35. The van der Waals surface area contributed by atoms with Gasteiger partial charge in [-0.15, -0.1) is 0 Å². The van der Waals surface area contributed by atoms with Gasteiger partial charge in [-0.2, -0.15) is 8.42 Å². The van der Waals surface area contributed by atoms with E-state index in [-0.39, 0.29) is 46.3 Å². The monoisotopic (exact) mass is 679 g/mol. The van der Waals surface area contributed by atoms with Gasteiger partial charge in [-0.05, 0) is 103 Å². The van der Waals surface area contributed by atoms with Gasteiger partial charge in [0.1, 0.15) is 17.3 Å². The second kappa shape index (κ2) is 12.4. The molecule has 4 rings (SSSR count). The van der Waals surface area contributed by atoms with Gasteiger partial charge in [-0.1, -0.05) is 35.4 Å². The third kappa shape index (κ3) is 7.14. The summed E-state index contributed by atoms with van der Waals surface area (Å²) in [5, 5.41) is -0.386. The van der Waals surface area contributed by atoms with Crippen molar-refractivity contribution in [3.63, 3.8) is 0 Å². The average Bonchev–Trinajstić information content (AvgIpc) is 3.15. The number of hydrogen-bond donors (Lipinski definition) is 0. The predicted molar refractivity (Wildman–Crippen MR) is 159 cm³/mol. The first-order chi connectivity index (χ1) is 18.6. The summed E-state index contributed by atoms with van der Waals surface area (Å²) in [5.74, 6) is 0.495. The van der Waals surface area contributed by atoms with Crippen LogP contribution in [0.1, 0.15) is 23.6 Å². The first kappa shape index (κ1) is 29.0. The van der Waals surface area contributed by atoms with E-state index in [0.717, 1.165) is 27.8 Å². The Balaban J connectivity index is 1.52. The topological polar surface area (TPSA) is 99.2 Å². The lowest BCUT2D eigenvalue weighted by Gasteiger charge is -2.15. The Bertz CT molecular complexity index is 1520. The van der Waals surface area contributed by atoms with Crippen LogP contribution in [-0.4, -0.2) is 44.2 Å². The Kier molecular flexibility index (Phi) is 9.23. The lowest BCUT2D eigenvalue weighted by Crippen LogP contribution is -2.32. The SMILES string of the molecule is CCOc1cc(/C=C2\SC(=O)N(CCOc3ccc(C)cc3)C2=O)cc(I)c1OS(=O)(=O)c1ccc(C)cc1. The highest BCUT2D eigenvalue weighted by atomic mass is 127. The minimum Gasteiger partial charge on any atom is -0.492 e. The Morgan fingerprint density at radius 2 is 1.59 bits per heavy atom. The van der Waals surface area contributed by atoms with Crippen LogP contribution in [0.25, 0.3) is 6.08 Å². The van der Waals surface area contributed by atoms with Gasteiger partial charge in [0.15, 0.2) is 11.5 Å². The van der Waals surface area contributed by atoms with Crippen molar-refractivity contribution in [2.75, 3.05) is 19.8 Å². The van der Waals surface area contributed by atoms with E-state index < -0.39 is 16.0 Å². The van der Waals surface area contributed by atoms with E-state index in [1.807, 2.05) is 60.7 Å². The molecule has 1 aliphatic heterocycles. The molecule has 0 bridgehead atoms. The molecule has 2 amide bonds. The van der Waals surface area contributed by atoms with Crippen molar-refractivity contribution in [3.8, 4) is 17.2 Å². The van der Waals surface area contributed by atoms with Crippen LogP contribution in [0.5, 0.6) is 17.2 Å². The van der Waals surface area contributed by atoms with Crippen LogP contribution in [-0.2, 0) is 14.9 Å². The largest absolute Gasteiger partial charge is 0.492 e. The van der Waals surface area contributed by atoms with Gasteiger partial charge in [-0.3, -0.25) is 14.5 Å². The van der Waals surface area contributed by atoms with Crippen molar-refractivity contribution in [1.29, 1.82) is 0 Å². The lowest BCUT2D eigenvalue weighted by atomic mass is 10.2. The number of benzene rings is 3. The standard InChI is InChI=1S/C28H26INO7S2/c1-4-35-24-16-20(15-23(29)26(24)37-39(33,34)22-11-7-19(3)8-12-22)17-25-27(31)30(28(32)38-25)13-14-36-21-9-5-18(2)6-10-21/h5-12,15-17H,4,13-14H2,1-3H3/b25-17-. The number of carbonyl (C=O) groups is 2. The zero-order valence-electron chi connectivity index (χ0n) is 21.5. The van der Waals surface area contributed by atoms with Crippen LogP contribution in [0.2, 0.25) is 0 Å². The normalized spacial score (nSPS) is 14.7. The Morgan fingerprint density at radius 1 is 0.949 bits per heavy atom. The Labute approximate surface area is 245 Å². The molecule has 0 aromatic heterocycles. The number of ether oxygens (including phenoxy) is 2. The summed E-state index contributed by atoms with van der Waals surface area (Å²) in [6, 6.07) is 17.1.